The average molecular weight is 341 g/mol. The van der Waals surface area contributed by atoms with Crippen LogP contribution < -0.4 is 5.32 Å². The maximum Gasteiger partial charge on any atom is 0.317 e. The number of amides is 2. The molecule has 1 aliphatic heterocycles. The predicted octanol–water partition coefficient (Wildman–Crippen LogP) is 1.73. The number of thiazole rings is 1. The van der Waals surface area contributed by atoms with Crippen molar-refractivity contribution < 1.29 is 15.0 Å². The summed E-state index contributed by atoms with van der Waals surface area (Å²) in [5, 5.41) is 25.4. The molecule has 0 radical (unpaired) electrons. The summed E-state index contributed by atoms with van der Waals surface area (Å²) in [7, 11) is 0. The van der Waals surface area contributed by atoms with Crippen LogP contribution in [0.4, 0.5) is 4.79 Å². The second-order valence-electron chi connectivity index (χ2n) is 6.54. The Balaban J connectivity index is 1.76. The van der Waals surface area contributed by atoms with Gasteiger partial charge in [-0.25, -0.2) is 9.78 Å². The highest BCUT2D eigenvalue weighted by Crippen LogP contribution is 2.22. The van der Waals surface area contributed by atoms with Crippen LogP contribution in [0.5, 0.6) is 0 Å². The van der Waals surface area contributed by atoms with Gasteiger partial charge in [0, 0.05) is 37.4 Å². The Bertz CT molecular complexity index is 520. The van der Waals surface area contributed by atoms with Crippen LogP contribution in [0.15, 0.2) is 5.38 Å². The third-order valence-corrected chi connectivity index (χ3v) is 5.41. The summed E-state index contributed by atoms with van der Waals surface area (Å²) >= 11 is 1.66. The van der Waals surface area contributed by atoms with Gasteiger partial charge in [-0.05, 0) is 19.3 Å². The van der Waals surface area contributed by atoms with Gasteiger partial charge in [-0.1, -0.05) is 13.8 Å². The first-order valence-corrected chi connectivity index (χ1v) is 9.12. The zero-order chi connectivity index (χ0) is 16.9. The molecule has 1 atom stereocenters. The lowest BCUT2D eigenvalue weighted by atomic mass is 9.96. The van der Waals surface area contributed by atoms with Gasteiger partial charge in [-0.3, -0.25) is 0 Å². The Hall–Kier alpha value is -1.18. The normalized spacial score (nSPS) is 22.2. The average Bonchev–Trinajstić information content (AvgIpc) is 2.90. The smallest absolute Gasteiger partial charge is 0.317 e. The summed E-state index contributed by atoms with van der Waals surface area (Å²) in [5.41, 5.74) is -0.0207. The minimum Gasteiger partial charge on any atom is -0.393 e. The quantitative estimate of drug-likeness (QED) is 0.761. The van der Waals surface area contributed by atoms with Crippen molar-refractivity contribution in [3.63, 3.8) is 0 Å². The number of aliphatic hydroxyl groups excluding tert-OH is 1. The van der Waals surface area contributed by atoms with Crippen LogP contribution >= 0.6 is 11.3 Å². The van der Waals surface area contributed by atoms with E-state index in [1.807, 2.05) is 0 Å². The molecular weight excluding hydrogens is 314 g/mol. The number of carbonyl (C=O) groups is 1. The van der Waals surface area contributed by atoms with Crippen molar-refractivity contribution in [1.82, 2.24) is 15.2 Å². The molecule has 1 aromatic rings. The molecule has 1 aromatic heterocycles. The first-order chi connectivity index (χ1) is 10.9. The Morgan fingerprint density at radius 3 is 2.91 bits per heavy atom. The number of hydrogen-bond donors (Lipinski definition) is 3. The largest absolute Gasteiger partial charge is 0.393 e. The van der Waals surface area contributed by atoms with Crippen molar-refractivity contribution in [1.29, 1.82) is 0 Å². The molecule has 3 N–H and O–H groups in total. The molecule has 1 fully saturated rings. The molecule has 2 rings (SSSR count). The van der Waals surface area contributed by atoms with Gasteiger partial charge in [-0.15, -0.1) is 11.3 Å². The van der Waals surface area contributed by atoms with E-state index in [1.54, 1.807) is 16.2 Å². The lowest BCUT2D eigenvalue weighted by Gasteiger charge is -2.24. The van der Waals surface area contributed by atoms with Crippen LogP contribution in [0, 0.1) is 0 Å². The van der Waals surface area contributed by atoms with Crippen LogP contribution in [0.1, 0.15) is 49.7 Å². The molecule has 0 aromatic carbocycles. The lowest BCUT2D eigenvalue weighted by molar-refractivity contribution is -0.0248. The van der Waals surface area contributed by atoms with E-state index in [9.17, 15) is 15.0 Å². The number of hydrogen-bond acceptors (Lipinski definition) is 5. The van der Waals surface area contributed by atoms with E-state index >= 15 is 0 Å². The minimum absolute atomic E-state index is 0.105. The molecule has 1 aliphatic rings. The summed E-state index contributed by atoms with van der Waals surface area (Å²) in [6.45, 7) is 5.64. The highest BCUT2D eigenvalue weighted by Gasteiger charge is 2.30. The third kappa shape index (κ3) is 5.16. The van der Waals surface area contributed by atoms with E-state index in [0.717, 1.165) is 17.1 Å². The summed E-state index contributed by atoms with van der Waals surface area (Å²) in [5.74, 6) is 0.436. The van der Waals surface area contributed by atoms with E-state index in [-0.39, 0.29) is 12.6 Å². The topological polar surface area (TPSA) is 85.7 Å². The van der Waals surface area contributed by atoms with Crippen molar-refractivity contribution >= 4 is 17.4 Å². The van der Waals surface area contributed by atoms with Gasteiger partial charge < -0.3 is 20.4 Å². The van der Waals surface area contributed by atoms with Gasteiger partial charge in [-0.2, -0.15) is 0 Å². The van der Waals surface area contributed by atoms with Gasteiger partial charge in [0.15, 0.2) is 0 Å². The summed E-state index contributed by atoms with van der Waals surface area (Å²) in [6.07, 6.45) is 2.38. The van der Waals surface area contributed by atoms with Gasteiger partial charge in [0.05, 0.1) is 22.9 Å². The first kappa shape index (κ1) is 18.2. The molecule has 2 heterocycles. The van der Waals surface area contributed by atoms with Crippen molar-refractivity contribution in [2.45, 2.75) is 51.0 Å². The minimum atomic E-state index is -1.04. The summed E-state index contributed by atoms with van der Waals surface area (Å²) in [4.78, 5) is 18.5. The standard InChI is InChI=1S/C16H27N3O3S/c1-12(2)14-18-13(10-23-14)4-7-17-15(21)19-8-3-5-16(22,11-20)6-9-19/h10,12,20,22H,3-9,11H2,1-2H3,(H,17,21)/t16-/m0/s1. The van der Waals surface area contributed by atoms with Crippen LogP contribution in [0.25, 0.3) is 0 Å². The second kappa shape index (κ2) is 8.08. The number of nitrogens with zero attached hydrogens (tertiary/aromatic N) is 2. The number of carbonyl (C=O) groups excluding carboxylic acids is 1. The lowest BCUT2D eigenvalue weighted by Crippen LogP contribution is -2.42. The Morgan fingerprint density at radius 1 is 1.48 bits per heavy atom. The molecule has 0 spiro atoms. The van der Waals surface area contributed by atoms with Crippen molar-refractivity contribution in [2.75, 3.05) is 26.2 Å². The first-order valence-electron chi connectivity index (χ1n) is 8.24. The fourth-order valence-corrected chi connectivity index (χ4v) is 3.52. The van der Waals surface area contributed by atoms with E-state index in [2.05, 4.69) is 29.5 Å². The van der Waals surface area contributed by atoms with E-state index in [0.29, 0.717) is 44.8 Å². The number of urea groups is 1. The third-order valence-electron chi connectivity index (χ3n) is 4.22. The molecule has 0 aliphatic carbocycles. The van der Waals surface area contributed by atoms with Gasteiger partial charge in [0.25, 0.3) is 0 Å². The molecule has 2 amide bonds. The van der Waals surface area contributed by atoms with Crippen molar-refractivity contribution in [3.8, 4) is 0 Å². The number of aliphatic hydroxyl groups is 2. The molecule has 0 bridgehead atoms. The Labute approximate surface area is 141 Å². The molecule has 23 heavy (non-hydrogen) atoms. The fraction of sp³-hybridized carbons (Fsp3) is 0.750. The van der Waals surface area contributed by atoms with E-state index in [4.69, 9.17) is 0 Å². The highest BCUT2D eigenvalue weighted by atomic mass is 32.1. The SMILES string of the molecule is CC(C)c1nc(CCNC(=O)N2CCC[C@@](O)(CO)CC2)cs1. The van der Waals surface area contributed by atoms with Crippen LogP contribution in [-0.4, -0.2) is 58.0 Å². The highest BCUT2D eigenvalue weighted by molar-refractivity contribution is 7.09. The van der Waals surface area contributed by atoms with E-state index < -0.39 is 5.60 Å². The fourth-order valence-electron chi connectivity index (χ4n) is 2.65. The molecule has 130 valence electrons. The van der Waals surface area contributed by atoms with Gasteiger partial charge in [0.1, 0.15) is 0 Å². The maximum atomic E-state index is 12.2. The molecular formula is C16H27N3O3S. The molecule has 0 unspecified atom stereocenters. The molecule has 6 nitrogen and oxygen atoms in total. The zero-order valence-corrected chi connectivity index (χ0v) is 14.7. The summed E-state index contributed by atoms with van der Waals surface area (Å²) in [6, 6.07) is -0.105. The van der Waals surface area contributed by atoms with Crippen LogP contribution in [-0.2, 0) is 6.42 Å². The van der Waals surface area contributed by atoms with Gasteiger partial charge in [0.2, 0.25) is 0 Å². The van der Waals surface area contributed by atoms with Gasteiger partial charge >= 0.3 is 6.03 Å². The maximum absolute atomic E-state index is 12.2. The number of likely N-dealkylation sites (tertiary alicyclic amines) is 1. The molecule has 0 saturated carbocycles. The molecule has 1 saturated heterocycles. The van der Waals surface area contributed by atoms with Crippen molar-refractivity contribution in [3.05, 3.63) is 16.1 Å². The Morgan fingerprint density at radius 2 is 2.26 bits per heavy atom. The summed E-state index contributed by atoms with van der Waals surface area (Å²) < 4.78 is 0. The second-order valence-corrected chi connectivity index (χ2v) is 7.43. The molecule has 7 heteroatoms. The van der Waals surface area contributed by atoms with Crippen LogP contribution in [0.3, 0.4) is 0 Å². The number of nitrogens with one attached hydrogen (secondary N) is 1. The zero-order valence-electron chi connectivity index (χ0n) is 13.9. The predicted molar refractivity (Wildman–Crippen MR) is 90.8 cm³/mol. The van der Waals surface area contributed by atoms with Crippen LogP contribution in [0.2, 0.25) is 0 Å². The van der Waals surface area contributed by atoms with E-state index in [1.165, 1.54) is 0 Å². The Kier molecular flexibility index (Phi) is 6.38. The monoisotopic (exact) mass is 341 g/mol. The van der Waals surface area contributed by atoms with Crippen molar-refractivity contribution in [2.24, 2.45) is 0 Å². The number of aromatic nitrogens is 1. The number of rotatable bonds is 5.